The third kappa shape index (κ3) is 4.66. The van der Waals surface area contributed by atoms with E-state index in [2.05, 4.69) is 15.9 Å². The highest BCUT2D eigenvalue weighted by Crippen LogP contribution is 2.49. The number of benzene rings is 2. The summed E-state index contributed by atoms with van der Waals surface area (Å²) in [5, 5.41) is 0. The zero-order valence-electron chi connectivity index (χ0n) is 21.7. The first-order valence-corrected chi connectivity index (χ1v) is 12.7. The fourth-order valence-electron chi connectivity index (χ4n) is 4.59. The minimum atomic E-state index is -0.406. The van der Waals surface area contributed by atoms with Crippen LogP contribution in [0, 0.1) is 0 Å². The van der Waals surface area contributed by atoms with Crippen LogP contribution in [0.2, 0.25) is 0 Å². The van der Waals surface area contributed by atoms with Gasteiger partial charge in [-0.15, -0.1) is 0 Å². The number of carbonyl (C=O) groups excluding carboxylic acids is 1. The van der Waals surface area contributed by atoms with Crippen LogP contribution in [-0.4, -0.2) is 44.1 Å². The number of carbonyl (C=O) groups is 1. The lowest BCUT2D eigenvalue weighted by Gasteiger charge is -2.24. The number of aromatic nitrogens is 1. The van der Waals surface area contributed by atoms with Crippen LogP contribution in [0.5, 0.6) is 23.0 Å². The van der Waals surface area contributed by atoms with Crippen LogP contribution in [0.25, 0.3) is 22.4 Å². The van der Waals surface area contributed by atoms with Crippen molar-refractivity contribution in [3.63, 3.8) is 0 Å². The number of fused-ring (bicyclic) bond motifs is 3. The fraction of sp³-hybridized carbons (Fsp3) is 0.393. The van der Waals surface area contributed by atoms with Crippen molar-refractivity contribution in [3.05, 3.63) is 46.1 Å². The summed E-state index contributed by atoms with van der Waals surface area (Å²) in [4.78, 5) is 12.9. The maximum Gasteiger partial charge on any atom is 0.355 e. The van der Waals surface area contributed by atoms with E-state index in [1.54, 1.807) is 14.2 Å². The molecule has 0 fully saturated rings. The number of aryl methyl sites for hydroxylation is 1. The Labute approximate surface area is 220 Å². The van der Waals surface area contributed by atoms with E-state index in [-0.39, 0.29) is 12.2 Å². The molecular weight excluding hydrogens is 526 g/mol. The van der Waals surface area contributed by atoms with E-state index in [0.29, 0.717) is 39.7 Å². The second-order valence-electron chi connectivity index (χ2n) is 9.14. The van der Waals surface area contributed by atoms with Crippen molar-refractivity contribution in [1.29, 1.82) is 0 Å². The number of nitrogens with zero attached hydrogens (tertiary/aromatic N) is 1. The Balaban J connectivity index is 1.99. The van der Waals surface area contributed by atoms with E-state index in [1.807, 2.05) is 62.6 Å². The summed E-state index contributed by atoms with van der Waals surface area (Å²) in [6.45, 7) is 8.53. The number of rotatable bonds is 8. The van der Waals surface area contributed by atoms with Gasteiger partial charge in [-0.1, -0.05) is 6.07 Å². The Morgan fingerprint density at radius 3 is 2.14 bits per heavy atom. The number of ether oxygens (including phenoxy) is 5. The van der Waals surface area contributed by atoms with Crippen molar-refractivity contribution in [2.24, 2.45) is 0 Å². The molecule has 8 heteroatoms. The lowest BCUT2D eigenvalue weighted by atomic mass is 9.93. The SMILES string of the molecule is COC(=O)c1c(Br)c(-c2ccc(OC(C)C)c(OC)c2)c2n1CCc1cc(OC(C)C)c(OC)cc1-2. The molecular formula is C28H32BrNO6. The highest BCUT2D eigenvalue weighted by molar-refractivity contribution is 9.10. The standard InChI is InChI=1S/C28H32BrNO6/c1-15(2)35-20-9-8-18(13-21(20)32-5)24-25(29)27(28(31)34-7)30-11-10-17-12-23(36-16(3)4)22(33-6)14-19(17)26(24)30/h8-9,12-16H,10-11H2,1-7H3. The molecule has 1 aromatic heterocycles. The summed E-state index contributed by atoms with van der Waals surface area (Å²) in [5.41, 5.74) is 5.21. The first-order valence-electron chi connectivity index (χ1n) is 11.9. The maximum absolute atomic E-state index is 12.9. The lowest BCUT2D eigenvalue weighted by Crippen LogP contribution is -2.17. The van der Waals surface area contributed by atoms with Gasteiger partial charge in [-0.3, -0.25) is 0 Å². The molecule has 2 aromatic carbocycles. The highest BCUT2D eigenvalue weighted by atomic mass is 79.9. The Kier molecular flexibility index (Phi) is 7.54. The van der Waals surface area contributed by atoms with Gasteiger partial charge in [-0.05, 0) is 85.4 Å². The third-order valence-electron chi connectivity index (χ3n) is 6.01. The van der Waals surface area contributed by atoms with E-state index < -0.39 is 5.97 Å². The summed E-state index contributed by atoms with van der Waals surface area (Å²) in [5.74, 6) is 2.21. The van der Waals surface area contributed by atoms with Gasteiger partial charge in [0.05, 0.1) is 43.7 Å². The van der Waals surface area contributed by atoms with Crippen molar-refractivity contribution in [3.8, 4) is 45.4 Å². The molecule has 4 rings (SSSR count). The van der Waals surface area contributed by atoms with Crippen LogP contribution in [-0.2, 0) is 17.7 Å². The van der Waals surface area contributed by atoms with Crippen LogP contribution in [0.1, 0.15) is 43.7 Å². The molecule has 192 valence electrons. The van der Waals surface area contributed by atoms with Gasteiger partial charge >= 0.3 is 5.97 Å². The summed E-state index contributed by atoms with van der Waals surface area (Å²) < 4.78 is 31.1. The molecule has 0 aliphatic carbocycles. The largest absolute Gasteiger partial charge is 0.493 e. The quantitative estimate of drug-likeness (QED) is 0.294. The molecule has 0 unspecified atom stereocenters. The van der Waals surface area contributed by atoms with E-state index in [1.165, 1.54) is 7.11 Å². The molecule has 0 bridgehead atoms. The van der Waals surface area contributed by atoms with Gasteiger partial charge in [-0.25, -0.2) is 4.79 Å². The number of hydrogen-bond donors (Lipinski definition) is 0. The highest BCUT2D eigenvalue weighted by Gasteiger charge is 2.32. The zero-order valence-corrected chi connectivity index (χ0v) is 23.3. The predicted octanol–water partition coefficient (Wildman–Crippen LogP) is 6.52. The van der Waals surface area contributed by atoms with Crippen molar-refractivity contribution < 1.29 is 28.5 Å². The molecule has 1 aliphatic rings. The molecule has 1 aliphatic heterocycles. The number of methoxy groups -OCH3 is 3. The smallest absolute Gasteiger partial charge is 0.355 e. The van der Waals surface area contributed by atoms with E-state index in [4.69, 9.17) is 23.7 Å². The summed E-state index contributed by atoms with van der Waals surface area (Å²) in [6.07, 6.45) is 0.751. The molecule has 0 spiro atoms. The second-order valence-corrected chi connectivity index (χ2v) is 9.93. The van der Waals surface area contributed by atoms with Gasteiger partial charge < -0.3 is 28.3 Å². The molecule has 0 radical (unpaired) electrons. The van der Waals surface area contributed by atoms with Crippen LogP contribution < -0.4 is 18.9 Å². The molecule has 3 aromatic rings. The number of esters is 1. The Morgan fingerprint density at radius 2 is 1.53 bits per heavy atom. The lowest BCUT2D eigenvalue weighted by molar-refractivity contribution is 0.0587. The van der Waals surface area contributed by atoms with Gasteiger partial charge in [0.2, 0.25) is 0 Å². The van der Waals surface area contributed by atoms with Crippen LogP contribution in [0.15, 0.2) is 34.8 Å². The average Bonchev–Trinajstić information content (AvgIpc) is 3.14. The molecule has 0 saturated carbocycles. The molecule has 36 heavy (non-hydrogen) atoms. The molecule has 7 nitrogen and oxygen atoms in total. The maximum atomic E-state index is 12.9. The van der Waals surface area contributed by atoms with E-state index >= 15 is 0 Å². The van der Waals surface area contributed by atoms with Crippen LogP contribution >= 0.6 is 15.9 Å². The van der Waals surface area contributed by atoms with Crippen LogP contribution in [0.3, 0.4) is 0 Å². The monoisotopic (exact) mass is 557 g/mol. The van der Waals surface area contributed by atoms with Crippen molar-refractivity contribution >= 4 is 21.9 Å². The molecule has 0 atom stereocenters. The minimum Gasteiger partial charge on any atom is -0.493 e. The van der Waals surface area contributed by atoms with Gasteiger partial charge in [0, 0.05) is 17.7 Å². The third-order valence-corrected chi connectivity index (χ3v) is 6.78. The summed E-state index contributed by atoms with van der Waals surface area (Å²) >= 11 is 3.73. The Hall–Kier alpha value is -3.13. The number of hydrogen-bond acceptors (Lipinski definition) is 6. The van der Waals surface area contributed by atoms with Gasteiger partial charge in [0.15, 0.2) is 23.0 Å². The number of halogens is 1. The van der Waals surface area contributed by atoms with Gasteiger partial charge in [0.1, 0.15) is 5.69 Å². The molecule has 0 N–H and O–H groups in total. The van der Waals surface area contributed by atoms with Crippen molar-refractivity contribution in [2.75, 3.05) is 21.3 Å². The van der Waals surface area contributed by atoms with Crippen LogP contribution in [0.4, 0.5) is 0 Å². The van der Waals surface area contributed by atoms with E-state index in [9.17, 15) is 4.79 Å². The first-order chi connectivity index (χ1) is 17.2. The van der Waals surface area contributed by atoms with Gasteiger partial charge in [0.25, 0.3) is 0 Å². The second kappa shape index (κ2) is 10.5. The summed E-state index contributed by atoms with van der Waals surface area (Å²) in [6, 6.07) is 9.83. The first kappa shape index (κ1) is 25.9. The predicted molar refractivity (Wildman–Crippen MR) is 143 cm³/mol. The topological polar surface area (TPSA) is 68.2 Å². The Morgan fingerprint density at radius 1 is 0.889 bits per heavy atom. The van der Waals surface area contributed by atoms with Gasteiger partial charge in [-0.2, -0.15) is 0 Å². The Bertz CT molecular complexity index is 1290. The fourth-order valence-corrected chi connectivity index (χ4v) is 5.39. The van der Waals surface area contributed by atoms with E-state index in [0.717, 1.165) is 34.4 Å². The average molecular weight is 558 g/mol. The normalized spacial score (nSPS) is 12.3. The molecule has 2 heterocycles. The zero-order chi connectivity index (χ0) is 26.1. The van der Waals surface area contributed by atoms with Crippen molar-refractivity contribution in [1.82, 2.24) is 4.57 Å². The van der Waals surface area contributed by atoms with Crippen molar-refractivity contribution in [2.45, 2.75) is 52.9 Å². The minimum absolute atomic E-state index is 0.00579. The molecule has 0 saturated heterocycles. The summed E-state index contributed by atoms with van der Waals surface area (Å²) in [7, 11) is 4.64. The molecule has 0 amide bonds.